The van der Waals surface area contributed by atoms with Gasteiger partial charge in [-0.2, -0.15) is 10.2 Å². The number of rotatable bonds is 8. The lowest BCUT2D eigenvalue weighted by molar-refractivity contribution is 0.0950. The second kappa shape index (κ2) is 11.5. The molecule has 1 amide bonds. The maximum atomic E-state index is 13.5. The summed E-state index contributed by atoms with van der Waals surface area (Å²) in [4.78, 5) is 12.9. The van der Waals surface area contributed by atoms with Crippen molar-refractivity contribution in [1.29, 1.82) is 0 Å². The van der Waals surface area contributed by atoms with Gasteiger partial charge in [0.05, 0.1) is 17.5 Å². The predicted octanol–water partition coefficient (Wildman–Crippen LogP) is 6.67. The molecule has 4 aromatic carbocycles. The second-order valence-corrected chi connectivity index (χ2v) is 8.77. The molecule has 0 radical (unpaired) electrons. The Bertz CT molecular complexity index is 1570. The van der Waals surface area contributed by atoms with E-state index in [2.05, 4.69) is 15.6 Å². The number of hydrogen-bond donors (Lipinski definition) is 1. The van der Waals surface area contributed by atoms with E-state index in [0.29, 0.717) is 27.6 Å². The Morgan fingerprint density at radius 2 is 1.66 bits per heavy atom. The molecule has 0 aliphatic heterocycles. The third-order valence-electron chi connectivity index (χ3n) is 5.69. The average molecular weight is 525 g/mol. The van der Waals surface area contributed by atoms with E-state index in [1.807, 2.05) is 42.5 Å². The molecule has 0 unspecified atom stereocenters. The normalized spacial score (nSPS) is 11.0. The van der Waals surface area contributed by atoms with Crippen LogP contribution in [0, 0.1) is 5.82 Å². The van der Waals surface area contributed by atoms with Crippen LogP contribution in [0.15, 0.2) is 114 Å². The highest BCUT2D eigenvalue weighted by Gasteiger charge is 2.14. The van der Waals surface area contributed by atoms with Gasteiger partial charge in [0, 0.05) is 22.3 Å². The highest BCUT2D eigenvalue weighted by atomic mass is 35.5. The summed E-state index contributed by atoms with van der Waals surface area (Å²) in [5.41, 5.74) is 6.65. The number of hydrazone groups is 1. The monoisotopic (exact) mass is 524 g/mol. The van der Waals surface area contributed by atoms with Gasteiger partial charge in [-0.15, -0.1) is 0 Å². The third-order valence-corrected chi connectivity index (χ3v) is 5.94. The van der Waals surface area contributed by atoms with Gasteiger partial charge in [-0.3, -0.25) is 4.79 Å². The van der Waals surface area contributed by atoms with E-state index >= 15 is 0 Å². The van der Waals surface area contributed by atoms with E-state index in [9.17, 15) is 9.18 Å². The number of hydrogen-bond acceptors (Lipinski definition) is 4. The lowest BCUT2D eigenvalue weighted by Crippen LogP contribution is -2.18. The molecule has 1 aromatic heterocycles. The first kappa shape index (κ1) is 24.9. The summed E-state index contributed by atoms with van der Waals surface area (Å²) in [7, 11) is 0. The molecule has 1 N–H and O–H groups in total. The largest absolute Gasteiger partial charge is 0.488 e. The van der Waals surface area contributed by atoms with Crippen molar-refractivity contribution in [2.75, 3.05) is 0 Å². The smallest absolute Gasteiger partial charge is 0.275 e. The molecule has 0 aliphatic carbocycles. The number of carbonyl (C=O) groups excluding carboxylic acids is 1. The molecule has 188 valence electrons. The van der Waals surface area contributed by atoms with Crippen LogP contribution in [-0.4, -0.2) is 21.9 Å². The number of benzene rings is 4. The molecule has 6 nitrogen and oxygen atoms in total. The van der Waals surface area contributed by atoms with E-state index < -0.39 is 5.91 Å². The summed E-state index contributed by atoms with van der Waals surface area (Å²) in [5.74, 6) is -0.332. The Balaban J connectivity index is 1.35. The summed E-state index contributed by atoms with van der Waals surface area (Å²) in [6.07, 6.45) is 3.31. The topological polar surface area (TPSA) is 68.5 Å². The number of ether oxygens (including phenoxy) is 1. The molecular formula is C30H22ClFN4O2. The Morgan fingerprint density at radius 1 is 0.947 bits per heavy atom. The predicted molar refractivity (Wildman–Crippen MR) is 146 cm³/mol. The van der Waals surface area contributed by atoms with E-state index in [1.165, 1.54) is 18.3 Å². The van der Waals surface area contributed by atoms with Crippen molar-refractivity contribution in [3.8, 4) is 22.7 Å². The molecule has 0 spiro atoms. The Kier molecular flexibility index (Phi) is 7.57. The molecule has 0 atom stereocenters. The molecule has 8 heteroatoms. The molecule has 0 fully saturated rings. The lowest BCUT2D eigenvalue weighted by atomic mass is 10.1. The van der Waals surface area contributed by atoms with Crippen LogP contribution in [0.4, 0.5) is 4.39 Å². The first-order chi connectivity index (χ1) is 18.6. The summed E-state index contributed by atoms with van der Waals surface area (Å²) >= 11 is 5.94. The maximum Gasteiger partial charge on any atom is 0.275 e. The fourth-order valence-corrected chi connectivity index (χ4v) is 3.90. The number of carbonyl (C=O) groups is 1. The lowest BCUT2D eigenvalue weighted by Gasteiger charge is -2.10. The summed E-state index contributed by atoms with van der Waals surface area (Å²) in [6.45, 7) is 0.282. The summed E-state index contributed by atoms with van der Waals surface area (Å²) in [5, 5.41) is 9.49. The fourth-order valence-electron chi connectivity index (χ4n) is 3.77. The quantitative estimate of drug-likeness (QED) is 0.182. The Hall–Kier alpha value is -4.75. The van der Waals surface area contributed by atoms with Gasteiger partial charge in [-0.25, -0.2) is 14.5 Å². The van der Waals surface area contributed by atoms with Gasteiger partial charge in [-0.05, 0) is 66.2 Å². The summed E-state index contributed by atoms with van der Waals surface area (Å²) in [6, 6.07) is 29.9. The van der Waals surface area contributed by atoms with Crippen LogP contribution < -0.4 is 10.2 Å². The second-order valence-electron chi connectivity index (χ2n) is 8.33. The van der Waals surface area contributed by atoms with Gasteiger partial charge in [0.25, 0.3) is 5.91 Å². The van der Waals surface area contributed by atoms with Crippen molar-refractivity contribution in [3.05, 3.63) is 137 Å². The molecule has 0 bridgehead atoms. The minimum atomic E-state index is -0.424. The number of para-hydroxylation sites is 2. The van der Waals surface area contributed by atoms with Gasteiger partial charge in [0.2, 0.25) is 0 Å². The SMILES string of the molecule is O=C(N/N=C/c1cn(-c2ccccc2)nc1-c1ccc(F)cc1)c1ccccc1OCc1ccc(Cl)cc1. The molecular weight excluding hydrogens is 503 g/mol. The average Bonchev–Trinajstić information content (AvgIpc) is 3.38. The van der Waals surface area contributed by atoms with E-state index in [0.717, 1.165) is 16.8 Å². The zero-order chi connectivity index (χ0) is 26.3. The molecule has 0 saturated carbocycles. The molecule has 5 rings (SSSR count). The van der Waals surface area contributed by atoms with Crippen molar-refractivity contribution < 1.29 is 13.9 Å². The number of amides is 1. The zero-order valence-electron chi connectivity index (χ0n) is 20.1. The van der Waals surface area contributed by atoms with Gasteiger partial charge in [0.1, 0.15) is 23.9 Å². The van der Waals surface area contributed by atoms with Crippen molar-refractivity contribution in [2.45, 2.75) is 6.61 Å². The highest BCUT2D eigenvalue weighted by Crippen LogP contribution is 2.24. The van der Waals surface area contributed by atoms with Gasteiger partial charge in [0.15, 0.2) is 0 Å². The fraction of sp³-hybridized carbons (Fsp3) is 0.0333. The van der Waals surface area contributed by atoms with Crippen molar-refractivity contribution in [1.82, 2.24) is 15.2 Å². The first-order valence-corrected chi connectivity index (χ1v) is 12.2. The van der Waals surface area contributed by atoms with Crippen molar-refractivity contribution in [3.63, 3.8) is 0 Å². The van der Waals surface area contributed by atoms with Crippen LogP contribution >= 0.6 is 11.6 Å². The first-order valence-electron chi connectivity index (χ1n) is 11.8. The minimum Gasteiger partial charge on any atom is -0.488 e. The highest BCUT2D eigenvalue weighted by molar-refractivity contribution is 6.30. The van der Waals surface area contributed by atoms with Crippen LogP contribution in [-0.2, 0) is 6.61 Å². The van der Waals surface area contributed by atoms with E-state index in [4.69, 9.17) is 16.3 Å². The van der Waals surface area contributed by atoms with Gasteiger partial charge in [-0.1, -0.05) is 54.1 Å². The zero-order valence-corrected chi connectivity index (χ0v) is 20.8. The molecule has 5 aromatic rings. The van der Waals surface area contributed by atoms with Crippen molar-refractivity contribution in [2.24, 2.45) is 5.10 Å². The van der Waals surface area contributed by atoms with Gasteiger partial charge >= 0.3 is 0 Å². The Morgan fingerprint density at radius 3 is 2.42 bits per heavy atom. The van der Waals surface area contributed by atoms with Crippen LogP contribution in [0.1, 0.15) is 21.5 Å². The number of aromatic nitrogens is 2. The van der Waals surface area contributed by atoms with Crippen LogP contribution in [0.5, 0.6) is 5.75 Å². The van der Waals surface area contributed by atoms with Crippen molar-refractivity contribution >= 4 is 23.7 Å². The molecule has 0 saturated heterocycles. The van der Waals surface area contributed by atoms with Gasteiger partial charge < -0.3 is 4.74 Å². The summed E-state index contributed by atoms with van der Waals surface area (Å²) < 4.78 is 21.1. The molecule has 1 heterocycles. The Labute approximate surface area is 224 Å². The third kappa shape index (κ3) is 5.96. The molecule has 38 heavy (non-hydrogen) atoms. The number of halogens is 2. The maximum absolute atomic E-state index is 13.5. The number of nitrogens with one attached hydrogen (secondary N) is 1. The van der Waals surface area contributed by atoms with E-state index in [1.54, 1.807) is 59.4 Å². The van der Waals surface area contributed by atoms with Crippen LogP contribution in [0.25, 0.3) is 16.9 Å². The van der Waals surface area contributed by atoms with Crippen LogP contribution in [0.2, 0.25) is 5.02 Å². The van der Waals surface area contributed by atoms with Crippen LogP contribution in [0.3, 0.4) is 0 Å². The van der Waals surface area contributed by atoms with E-state index in [-0.39, 0.29) is 12.4 Å². The standard InChI is InChI=1S/C30H22ClFN4O2/c31-24-14-10-21(11-15-24)20-38-28-9-5-4-8-27(28)30(37)34-33-18-23-19-36(26-6-2-1-3-7-26)35-29(23)22-12-16-25(32)17-13-22/h1-19H,20H2,(H,34,37)/b33-18+. The molecule has 0 aliphatic rings. The minimum absolute atomic E-state index is 0.282. The number of nitrogens with zero attached hydrogens (tertiary/aromatic N) is 3.